The van der Waals surface area contributed by atoms with Crippen molar-refractivity contribution in [3.63, 3.8) is 0 Å². The molecule has 1 aromatic rings. The van der Waals surface area contributed by atoms with E-state index in [1.807, 2.05) is 0 Å². The highest BCUT2D eigenvalue weighted by molar-refractivity contribution is 8.13. The van der Waals surface area contributed by atoms with Gasteiger partial charge in [0.1, 0.15) is 5.75 Å². The predicted octanol–water partition coefficient (Wildman–Crippen LogP) is 1.86. The number of amides is 1. The largest absolute Gasteiger partial charge is 0.496 e. The molecule has 1 aliphatic rings. The average molecular weight is 304 g/mol. The number of ether oxygens (including phenoxy) is 1. The molecule has 2 rings (SSSR count). The molecule has 0 N–H and O–H groups in total. The molecule has 0 radical (unpaired) electrons. The van der Waals surface area contributed by atoms with E-state index in [4.69, 9.17) is 15.4 Å². The number of hydrogen-bond donors (Lipinski definition) is 0. The lowest BCUT2D eigenvalue weighted by molar-refractivity contribution is 0.0781. The third-order valence-electron chi connectivity index (χ3n) is 3.10. The predicted molar refractivity (Wildman–Crippen MR) is 71.1 cm³/mol. The Morgan fingerprint density at radius 2 is 2.05 bits per heavy atom. The second-order valence-corrected chi connectivity index (χ2v) is 7.01. The van der Waals surface area contributed by atoms with Crippen LogP contribution in [0.5, 0.6) is 5.75 Å². The number of methoxy groups -OCH3 is 1. The highest BCUT2D eigenvalue weighted by Crippen LogP contribution is 2.30. The number of carbonyl (C=O) groups excluding carboxylic acids is 1. The summed E-state index contributed by atoms with van der Waals surface area (Å²) in [7, 11) is 4.55. The molecule has 0 atom stereocenters. The topological polar surface area (TPSA) is 63.7 Å². The van der Waals surface area contributed by atoms with Crippen LogP contribution in [0.25, 0.3) is 0 Å². The van der Waals surface area contributed by atoms with Gasteiger partial charge in [-0.3, -0.25) is 4.79 Å². The fraction of sp³-hybridized carbons (Fsp3) is 0.417. The molecule has 0 bridgehead atoms. The maximum Gasteiger partial charge on any atom is 0.261 e. The van der Waals surface area contributed by atoms with Gasteiger partial charge < -0.3 is 9.64 Å². The summed E-state index contributed by atoms with van der Waals surface area (Å²) in [4.78, 5) is 13.8. The summed E-state index contributed by atoms with van der Waals surface area (Å²) >= 11 is 0. The Labute approximate surface area is 116 Å². The summed E-state index contributed by atoms with van der Waals surface area (Å²) in [6, 6.07) is 4.23. The molecular formula is C12H14ClNO4S. The normalized spacial score (nSPS) is 15.1. The van der Waals surface area contributed by atoms with E-state index in [0.29, 0.717) is 5.75 Å². The third-order valence-corrected chi connectivity index (χ3v) is 4.45. The van der Waals surface area contributed by atoms with E-state index in [0.717, 1.165) is 12.8 Å². The summed E-state index contributed by atoms with van der Waals surface area (Å²) in [5, 5.41) is 0. The first kappa shape index (κ1) is 14.1. The van der Waals surface area contributed by atoms with Gasteiger partial charge >= 0.3 is 0 Å². The zero-order chi connectivity index (χ0) is 14.2. The minimum absolute atomic E-state index is 0.109. The SMILES string of the molecule is COc1ccc(S(=O)(=O)Cl)cc1C(=O)N(C)C1CC1. The van der Waals surface area contributed by atoms with Gasteiger partial charge in [0.15, 0.2) is 0 Å². The van der Waals surface area contributed by atoms with Crippen LogP contribution in [0.15, 0.2) is 23.1 Å². The molecule has 0 aromatic heterocycles. The highest BCUT2D eigenvalue weighted by Gasteiger charge is 2.31. The number of hydrogen-bond acceptors (Lipinski definition) is 4. The van der Waals surface area contributed by atoms with Gasteiger partial charge in [-0.25, -0.2) is 8.42 Å². The van der Waals surface area contributed by atoms with Crippen molar-refractivity contribution in [2.45, 2.75) is 23.8 Å². The summed E-state index contributed by atoms with van der Waals surface area (Å²) in [6.45, 7) is 0. The number of halogens is 1. The Morgan fingerprint density at radius 3 is 2.53 bits per heavy atom. The number of nitrogens with zero attached hydrogens (tertiary/aromatic N) is 1. The van der Waals surface area contributed by atoms with Gasteiger partial charge in [0.25, 0.3) is 15.0 Å². The summed E-state index contributed by atoms with van der Waals surface area (Å²) in [5.41, 5.74) is 0.207. The molecule has 1 aliphatic carbocycles. The molecule has 0 aliphatic heterocycles. The second-order valence-electron chi connectivity index (χ2n) is 4.45. The van der Waals surface area contributed by atoms with E-state index < -0.39 is 9.05 Å². The molecule has 1 saturated carbocycles. The Morgan fingerprint density at radius 1 is 1.42 bits per heavy atom. The first-order valence-electron chi connectivity index (χ1n) is 5.74. The molecule has 1 fully saturated rings. The quantitative estimate of drug-likeness (QED) is 0.796. The smallest absolute Gasteiger partial charge is 0.261 e. The average Bonchev–Trinajstić information content (AvgIpc) is 3.19. The Hall–Kier alpha value is -1.27. The van der Waals surface area contributed by atoms with Crippen LogP contribution in [-0.4, -0.2) is 39.4 Å². The van der Waals surface area contributed by atoms with Crippen LogP contribution in [0.2, 0.25) is 0 Å². The van der Waals surface area contributed by atoms with Crippen molar-refractivity contribution in [1.82, 2.24) is 4.90 Å². The van der Waals surface area contributed by atoms with Gasteiger partial charge in [0.05, 0.1) is 17.6 Å². The van der Waals surface area contributed by atoms with Crippen LogP contribution >= 0.6 is 10.7 Å². The van der Waals surface area contributed by atoms with Crippen molar-refractivity contribution in [3.05, 3.63) is 23.8 Å². The van der Waals surface area contributed by atoms with Crippen LogP contribution in [-0.2, 0) is 9.05 Å². The van der Waals surface area contributed by atoms with Gasteiger partial charge in [0.2, 0.25) is 0 Å². The fourth-order valence-electron chi connectivity index (χ4n) is 1.82. The van der Waals surface area contributed by atoms with E-state index in [9.17, 15) is 13.2 Å². The van der Waals surface area contributed by atoms with E-state index in [-0.39, 0.29) is 22.4 Å². The second kappa shape index (κ2) is 5.02. The molecular weight excluding hydrogens is 290 g/mol. The van der Waals surface area contributed by atoms with Crippen molar-refractivity contribution in [1.29, 1.82) is 0 Å². The fourth-order valence-corrected chi connectivity index (χ4v) is 2.60. The maximum absolute atomic E-state index is 12.3. The van der Waals surface area contributed by atoms with E-state index >= 15 is 0 Å². The Kier molecular flexibility index (Phi) is 3.73. The minimum atomic E-state index is -3.87. The molecule has 0 unspecified atom stereocenters. The van der Waals surface area contributed by atoms with Gasteiger partial charge in [-0.05, 0) is 31.0 Å². The van der Waals surface area contributed by atoms with Crippen molar-refractivity contribution >= 4 is 25.6 Å². The van der Waals surface area contributed by atoms with Crippen molar-refractivity contribution in [3.8, 4) is 5.75 Å². The minimum Gasteiger partial charge on any atom is -0.496 e. The number of benzene rings is 1. The van der Waals surface area contributed by atoms with E-state index in [2.05, 4.69) is 0 Å². The van der Waals surface area contributed by atoms with E-state index in [1.165, 1.54) is 25.3 Å². The van der Waals surface area contributed by atoms with Gasteiger partial charge in [-0.1, -0.05) is 0 Å². The lowest BCUT2D eigenvalue weighted by atomic mass is 10.1. The zero-order valence-corrected chi connectivity index (χ0v) is 12.2. The Bertz CT molecular complexity index is 610. The third kappa shape index (κ3) is 3.01. The molecule has 0 spiro atoms. The molecule has 1 amide bonds. The molecule has 5 nitrogen and oxygen atoms in total. The Balaban J connectivity index is 2.44. The van der Waals surface area contributed by atoms with Gasteiger partial charge in [0, 0.05) is 23.8 Å². The first-order chi connectivity index (χ1) is 8.84. The molecule has 19 heavy (non-hydrogen) atoms. The van der Waals surface area contributed by atoms with Crippen LogP contribution in [0.3, 0.4) is 0 Å². The van der Waals surface area contributed by atoms with Crippen molar-refractivity contribution < 1.29 is 17.9 Å². The number of rotatable bonds is 4. The highest BCUT2D eigenvalue weighted by atomic mass is 35.7. The van der Waals surface area contributed by atoms with Crippen molar-refractivity contribution in [2.24, 2.45) is 0 Å². The summed E-state index contributed by atoms with van der Waals surface area (Å²) in [6.07, 6.45) is 1.94. The molecule has 104 valence electrons. The van der Waals surface area contributed by atoms with Crippen LogP contribution in [0.1, 0.15) is 23.2 Å². The van der Waals surface area contributed by atoms with Crippen LogP contribution in [0.4, 0.5) is 0 Å². The zero-order valence-electron chi connectivity index (χ0n) is 10.6. The maximum atomic E-state index is 12.3. The standard InChI is InChI=1S/C12H14ClNO4S/c1-14(8-3-4-8)12(15)10-7-9(19(13,16)17)5-6-11(10)18-2/h5-8H,3-4H2,1-2H3. The number of carbonyl (C=O) groups is 1. The van der Waals surface area contributed by atoms with E-state index in [1.54, 1.807) is 11.9 Å². The first-order valence-corrected chi connectivity index (χ1v) is 8.05. The van der Waals surface area contributed by atoms with Gasteiger partial charge in [-0.2, -0.15) is 0 Å². The van der Waals surface area contributed by atoms with Gasteiger partial charge in [-0.15, -0.1) is 0 Å². The summed E-state index contributed by atoms with van der Waals surface area (Å²) < 4.78 is 27.7. The molecule has 1 aromatic carbocycles. The monoisotopic (exact) mass is 303 g/mol. The molecule has 0 heterocycles. The van der Waals surface area contributed by atoms with Crippen molar-refractivity contribution in [2.75, 3.05) is 14.2 Å². The lowest BCUT2D eigenvalue weighted by Gasteiger charge is -2.18. The molecule has 0 saturated heterocycles. The van der Waals surface area contributed by atoms with Crippen LogP contribution < -0.4 is 4.74 Å². The van der Waals surface area contributed by atoms with Crippen LogP contribution in [0, 0.1) is 0 Å². The molecule has 7 heteroatoms. The summed E-state index contributed by atoms with van der Waals surface area (Å²) in [5.74, 6) is 0.0723. The lowest BCUT2D eigenvalue weighted by Crippen LogP contribution is -2.29.